The van der Waals surface area contributed by atoms with Gasteiger partial charge in [0.2, 0.25) is 5.95 Å². The molecule has 10 heteroatoms. The maximum atomic E-state index is 15.5. The van der Waals surface area contributed by atoms with Crippen molar-refractivity contribution in [3.8, 4) is 28.3 Å². The number of pyridine rings is 1. The van der Waals surface area contributed by atoms with E-state index in [1.54, 1.807) is 30.5 Å². The summed E-state index contributed by atoms with van der Waals surface area (Å²) in [4.78, 5) is 10.4. The first-order chi connectivity index (χ1) is 17.5. The van der Waals surface area contributed by atoms with Gasteiger partial charge in [0, 0.05) is 24.2 Å². The van der Waals surface area contributed by atoms with Crippen molar-refractivity contribution >= 4 is 17.6 Å². The molecule has 2 aromatic heterocycles. The van der Waals surface area contributed by atoms with E-state index in [0.717, 1.165) is 38.5 Å². The number of piperidine rings is 2. The zero-order valence-electron chi connectivity index (χ0n) is 19.9. The summed E-state index contributed by atoms with van der Waals surface area (Å²) in [6.45, 7) is 0. The van der Waals surface area contributed by atoms with Crippen LogP contribution < -0.4 is 10.2 Å². The number of halogens is 2. The van der Waals surface area contributed by atoms with Crippen LogP contribution in [0.5, 0.6) is 5.75 Å². The number of phenolic OH excluding ortho intramolecular Hbond substituents is 1. The Kier molecular flexibility index (Phi) is 6.25. The lowest BCUT2D eigenvalue weighted by molar-refractivity contribution is 0.104. The van der Waals surface area contributed by atoms with Gasteiger partial charge in [-0.3, -0.25) is 0 Å². The Morgan fingerprint density at radius 3 is 2.67 bits per heavy atom. The monoisotopic (exact) mass is 510 g/mol. The lowest BCUT2D eigenvalue weighted by Gasteiger charge is -2.47. The molecule has 36 heavy (non-hydrogen) atoms. The molecule has 6 rings (SSSR count). The van der Waals surface area contributed by atoms with Crippen molar-refractivity contribution < 1.29 is 13.9 Å². The number of fused-ring (bicyclic) bond motifs is 2. The fraction of sp³-hybridized carbons (Fsp3) is 0.462. The summed E-state index contributed by atoms with van der Waals surface area (Å²) in [5, 5.41) is 23.5. The molecular formula is C26H28F2N6OS. The highest BCUT2D eigenvalue weighted by atomic mass is 32.2. The molecule has 0 amide bonds. The van der Waals surface area contributed by atoms with Gasteiger partial charge in [0.1, 0.15) is 11.9 Å². The van der Waals surface area contributed by atoms with E-state index in [2.05, 4.69) is 30.4 Å². The van der Waals surface area contributed by atoms with Crippen LogP contribution in [0.4, 0.5) is 14.6 Å². The van der Waals surface area contributed by atoms with Crippen molar-refractivity contribution in [2.45, 2.75) is 73.9 Å². The van der Waals surface area contributed by atoms with Crippen LogP contribution in [0.25, 0.3) is 22.5 Å². The number of nitrogens with one attached hydrogen (secondary N) is 1. The molecule has 188 valence electrons. The second-order valence-corrected chi connectivity index (χ2v) is 10.7. The maximum absolute atomic E-state index is 15.5. The molecule has 0 unspecified atom stereocenters. The molecule has 2 N–H and O–H groups in total. The Bertz CT molecular complexity index is 1260. The SMILES string of the molecule is CSc1cc(-c2ccc(-c3ncc(N(C4CC4)[C@H]4C[C@@H]5CCC[C@@H](N5)[C@H]4F)nn3)c(O)c2)cc(F)n1. The van der Waals surface area contributed by atoms with Gasteiger partial charge in [-0.05, 0) is 67.7 Å². The van der Waals surface area contributed by atoms with E-state index in [-0.39, 0.29) is 29.7 Å². The number of alkyl halides is 1. The first-order valence-corrected chi connectivity index (χ1v) is 13.7. The third kappa shape index (κ3) is 4.52. The lowest BCUT2D eigenvalue weighted by Crippen LogP contribution is -2.62. The first-order valence-electron chi connectivity index (χ1n) is 12.4. The van der Waals surface area contributed by atoms with Crippen molar-refractivity contribution in [1.29, 1.82) is 0 Å². The van der Waals surface area contributed by atoms with Gasteiger partial charge in [0.25, 0.3) is 0 Å². The predicted molar refractivity (Wildman–Crippen MR) is 135 cm³/mol. The van der Waals surface area contributed by atoms with E-state index in [0.29, 0.717) is 33.6 Å². The third-order valence-corrected chi connectivity index (χ3v) is 8.09. The minimum Gasteiger partial charge on any atom is -0.507 e. The van der Waals surface area contributed by atoms with Gasteiger partial charge < -0.3 is 15.3 Å². The number of hydrogen-bond acceptors (Lipinski definition) is 8. The van der Waals surface area contributed by atoms with E-state index in [1.807, 2.05) is 6.26 Å². The molecule has 4 heterocycles. The highest BCUT2D eigenvalue weighted by molar-refractivity contribution is 7.98. The van der Waals surface area contributed by atoms with Crippen LogP contribution in [0.1, 0.15) is 38.5 Å². The number of benzene rings is 1. The van der Waals surface area contributed by atoms with Gasteiger partial charge in [-0.2, -0.15) is 4.39 Å². The largest absolute Gasteiger partial charge is 0.507 e. The standard InChI is InChI=1S/C26H28F2N6OS/c1-36-24-11-15(10-22(27)31-24)14-5-8-18(21(35)9-14)26-29-13-23(32-33-26)34(17-6-7-17)20-12-16-3-2-4-19(30-16)25(20)28/h5,8-11,13,16-17,19-20,25,30,35H,2-4,6-7,12H2,1H3/t16-,19+,20-,25+/m0/s1. The molecular weight excluding hydrogens is 482 g/mol. The van der Waals surface area contributed by atoms with Gasteiger partial charge in [-0.25, -0.2) is 14.4 Å². The normalized spacial score (nSPS) is 25.5. The summed E-state index contributed by atoms with van der Waals surface area (Å²) in [6.07, 6.45) is 8.34. The molecule has 3 aromatic rings. The summed E-state index contributed by atoms with van der Waals surface area (Å²) >= 11 is 1.35. The Morgan fingerprint density at radius 1 is 1.08 bits per heavy atom. The van der Waals surface area contributed by atoms with Gasteiger partial charge in [0.15, 0.2) is 11.6 Å². The smallest absolute Gasteiger partial charge is 0.214 e. The van der Waals surface area contributed by atoms with E-state index in [9.17, 15) is 9.50 Å². The summed E-state index contributed by atoms with van der Waals surface area (Å²) in [7, 11) is 0. The Balaban J connectivity index is 1.26. The predicted octanol–water partition coefficient (Wildman–Crippen LogP) is 4.76. The molecule has 3 aliphatic rings. The van der Waals surface area contributed by atoms with E-state index < -0.39 is 12.1 Å². The number of anilines is 1. The number of aromatic hydroxyl groups is 1. The Labute approximate surface area is 212 Å². The van der Waals surface area contributed by atoms with Crippen LogP contribution in [0, 0.1) is 5.95 Å². The molecule has 1 aliphatic carbocycles. The van der Waals surface area contributed by atoms with Crippen LogP contribution in [-0.2, 0) is 0 Å². The highest BCUT2D eigenvalue weighted by Crippen LogP contribution is 2.39. The fourth-order valence-corrected chi connectivity index (χ4v) is 6.01. The van der Waals surface area contributed by atoms with Crippen molar-refractivity contribution in [1.82, 2.24) is 25.5 Å². The number of rotatable bonds is 6. The molecule has 4 atom stereocenters. The van der Waals surface area contributed by atoms with Gasteiger partial charge in [0.05, 0.1) is 22.8 Å². The van der Waals surface area contributed by atoms with Crippen molar-refractivity contribution in [3.05, 3.63) is 42.5 Å². The number of aromatic nitrogens is 4. The molecule has 2 aliphatic heterocycles. The molecule has 2 saturated heterocycles. The lowest BCUT2D eigenvalue weighted by atomic mass is 9.82. The number of nitrogens with zero attached hydrogens (tertiary/aromatic N) is 5. The van der Waals surface area contributed by atoms with Crippen LogP contribution in [0.2, 0.25) is 0 Å². The average molecular weight is 511 g/mol. The number of thioether (sulfide) groups is 1. The number of hydrogen-bond donors (Lipinski definition) is 2. The Morgan fingerprint density at radius 2 is 1.94 bits per heavy atom. The molecule has 1 aromatic carbocycles. The quantitative estimate of drug-likeness (QED) is 0.363. The first kappa shape index (κ1) is 23.5. The molecule has 0 spiro atoms. The average Bonchev–Trinajstić information content (AvgIpc) is 3.73. The van der Waals surface area contributed by atoms with Crippen molar-refractivity contribution in [2.75, 3.05) is 11.2 Å². The maximum Gasteiger partial charge on any atom is 0.214 e. The number of phenols is 1. The molecule has 3 fully saturated rings. The van der Waals surface area contributed by atoms with Crippen LogP contribution in [-0.4, -0.2) is 61.9 Å². The second-order valence-electron chi connectivity index (χ2n) is 9.88. The topological polar surface area (TPSA) is 87.1 Å². The molecule has 1 saturated carbocycles. The van der Waals surface area contributed by atoms with E-state index in [4.69, 9.17) is 0 Å². The summed E-state index contributed by atoms with van der Waals surface area (Å²) in [5.74, 6) is 0.265. The fourth-order valence-electron chi connectivity index (χ4n) is 5.58. The Hall–Kier alpha value is -2.85. The highest BCUT2D eigenvalue weighted by Gasteiger charge is 2.46. The molecule has 2 bridgehead atoms. The van der Waals surface area contributed by atoms with Gasteiger partial charge >= 0.3 is 0 Å². The summed E-state index contributed by atoms with van der Waals surface area (Å²) in [6, 6.07) is 8.44. The minimum atomic E-state index is -0.954. The van der Waals surface area contributed by atoms with Crippen molar-refractivity contribution in [2.24, 2.45) is 0 Å². The van der Waals surface area contributed by atoms with E-state index >= 15 is 4.39 Å². The van der Waals surface area contributed by atoms with Crippen LogP contribution >= 0.6 is 11.8 Å². The second kappa shape index (κ2) is 9.55. The van der Waals surface area contributed by atoms with Crippen LogP contribution in [0.3, 0.4) is 0 Å². The van der Waals surface area contributed by atoms with Gasteiger partial charge in [-0.1, -0.05) is 12.5 Å². The molecule has 0 radical (unpaired) electrons. The van der Waals surface area contributed by atoms with E-state index in [1.165, 1.54) is 17.8 Å². The third-order valence-electron chi connectivity index (χ3n) is 7.46. The van der Waals surface area contributed by atoms with Crippen LogP contribution in [0.15, 0.2) is 41.6 Å². The molecule has 7 nitrogen and oxygen atoms in total. The summed E-state index contributed by atoms with van der Waals surface area (Å²) < 4.78 is 29.3. The van der Waals surface area contributed by atoms with Gasteiger partial charge in [-0.15, -0.1) is 22.0 Å². The van der Waals surface area contributed by atoms with Crippen molar-refractivity contribution in [3.63, 3.8) is 0 Å². The zero-order valence-corrected chi connectivity index (χ0v) is 20.8. The zero-order chi connectivity index (χ0) is 24.8. The minimum absolute atomic E-state index is 0.0287. The summed E-state index contributed by atoms with van der Waals surface area (Å²) in [5.41, 5.74) is 1.70.